The number of nitrogens with zero attached hydrogens (tertiary/aromatic N) is 2. The number of anilines is 1. The number of carbonyl (C=O) groups excluding carboxylic acids is 1. The number of hydrogen-bond acceptors (Lipinski definition) is 4. The van der Waals surface area contributed by atoms with Crippen molar-refractivity contribution in [2.24, 2.45) is 0 Å². The normalized spacial score (nSPS) is 17.7. The molecule has 0 radical (unpaired) electrons. The van der Waals surface area contributed by atoms with Gasteiger partial charge < -0.3 is 5.32 Å². The molecule has 2 aromatic carbocycles. The number of carbonyl (C=O) groups is 1. The summed E-state index contributed by atoms with van der Waals surface area (Å²) in [5, 5.41) is 4.63. The number of aromatic nitrogens is 1. The fourth-order valence-electron chi connectivity index (χ4n) is 3.43. The third kappa shape index (κ3) is 3.75. The molecule has 1 aliphatic rings. The number of hydrogen-bond donors (Lipinski definition) is 1. The second kappa shape index (κ2) is 7.74. The quantitative estimate of drug-likeness (QED) is 0.663. The summed E-state index contributed by atoms with van der Waals surface area (Å²) >= 11 is 7.87. The van der Waals surface area contributed by atoms with E-state index in [1.165, 1.54) is 4.70 Å². The van der Waals surface area contributed by atoms with Gasteiger partial charge in [0.2, 0.25) is 5.91 Å². The summed E-state index contributed by atoms with van der Waals surface area (Å²) in [7, 11) is 0. The lowest BCUT2D eigenvalue weighted by Gasteiger charge is -2.22. The Morgan fingerprint density at radius 1 is 1.23 bits per heavy atom. The van der Waals surface area contributed by atoms with Crippen molar-refractivity contribution in [3.63, 3.8) is 0 Å². The monoisotopic (exact) mass is 385 g/mol. The number of fused-ring (bicyclic) bond motifs is 1. The van der Waals surface area contributed by atoms with Gasteiger partial charge in [-0.3, -0.25) is 9.69 Å². The second-order valence-corrected chi connectivity index (χ2v) is 7.96. The van der Waals surface area contributed by atoms with Crippen molar-refractivity contribution < 1.29 is 4.79 Å². The first-order valence-corrected chi connectivity index (χ1v) is 10.0. The molecule has 4 rings (SSSR count). The van der Waals surface area contributed by atoms with Crippen LogP contribution in [0.3, 0.4) is 0 Å². The van der Waals surface area contributed by atoms with Gasteiger partial charge in [0.1, 0.15) is 5.01 Å². The minimum absolute atomic E-state index is 0.00644. The van der Waals surface area contributed by atoms with Crippen molar-refractivity contribution >= 4 is 44.7 Å². The first kappa shape index (κ1) is 17.5. The molecule has 1 fully saturated rings. The molecule has 1 saturated heterocycles. The highest BCUT2D eigenvalue weighted by Crippen LogP contribution is 2.36. The third-order valence-corrected chi connectivity index (χ3v) is 6.20. The molecule has 0 spiro atoms. The van der Waals surface area contributed by atoms with E-state index in [-0.39, 0.29) is 5.91 Å². The first-order chi connectivity index (χ1) is 12.7. The molecule has 1 aromatic heterocycles. The van der Waals surface area contributed by atoms with Gasteiger partial charge in [0.25, 0.3) is 0 Å². The molecule has 1 amide bonds. The Hall–Kier alpha value is -1.95. The molecule has 1 unspecified atom stereocenters. The van der Waals surface area contributed by atoms with Crippen LogP contribution < -0.4 is 5.32 Å². The van der Waals surface area contributed by atoms with Crippen LogP contribution in [0.1, 0.15) is 30.3 Å². The number of amides is 1. The van der Waals surface area contributed by atoms with E-state index in [4.69, 9.17) is 16.6 Å². The molecule has 2 heterocycles. The maximum Gasteiger partial charge on any atom is 0.225 e. The summed E-state index contributed by atoms with van der Waals surface area (Å²) in [5.41, 5.74) is 1.74. The molecule has 0 aliphatic carbocycles. The van der Waals surface area contributed by atoms with Crippen molar-refractivity contribution in [3.8, 4) is 0 Å². The SMILES string of the molecule is O=C(CCN1CCCC1c1nc2ccccc2s1)Nc1ccccc1Cl. The molecule has 6 heteroatoms. The Morgan fingerprint density at radius 3 is 2.88 bits per heavy atom. The van der Waals surface area contributed by atoms with Crippen LogP contribution in [0.15, 0.2) is 48.5 Å². The molecular formula is C20H20ClN3OS. The first-order valence-electron chi connectivity index (χ1n) is 8.84. The van der Waals surface area contributed by atoms with Crippen molar-refractivity contribution in [2.45, 2.75) is 25.3 Å². The highest BCUT2D eigenvalue weighted by Gasteiger charge is 2.28. The standard InChI is InChI=1S/C20H20ClN3OS/c21-14-6-1-2-7-15(14)22-19(25)11-13-24-12-5-9-17(24)20-23-16-8-3-4-10-18(16)26-20/h1-4,6-8,10,17H,5,9,11-13H2,(H,22,25). The van der Waals surface area contributed by atoms with Crippen LogP contribution in [0.2, 0.25) is 5.02 Å². The highest BCUT2D eigenvalue weighted by atomic mass is 35.5. The number of rotatable bonds is 5. The summed E-state index contributed by atoms with van der Waals surface area (Å²) < 4.78 is 1.23. The molecule has 134 valence electrons. The van der Waals surface area contributed by atoms with Gasteiger partial charge in [0.15, 0.2) is 0 Å². The lowest BCUT2D eigenvalue weighted by atomic mass is 10.2. The van der Waals surface area contributed by atoms with Crippen LogP contribution >= 0.6 is 22.9 Å². The fraction of sp³-hybridized carbons (Fsp3) is 0.300. The molecule has 3 aromatic rings. The average Bonchev–Trinajstić information content (AvgIpc) is 3.28. The van der Waals surface area contributed by atoms with E-state index in [0.717, 1.165) is 36.5 Å². The van der Waals surface area contributed by atoms with Gasteiger partial charge in [-0.05, 0) is 43.7 Å². The predicted molar refractivity (Wildman–Crippen MR) is 108 cm³/mol. The van der Waals surface area contributed by atoms with E-state index < -0.39 is 0 Å². The van der Waals surface area contributed by atoms with Crippen molar-refractivity contribution in [1.82, 2.24) is 9.88 Å². The maximum atomic E-state index is 12.3. The highest BCUT2D eigenvalue weighted by molar-refractivity contribution is 7.18. The number of halogens is 1. The van der Waals surface area contributed by atoms with E-state index in [9.17, 15) is 4.79 Å². The van der Waals surface area contributed by atoms with Crippen molar-refractivity contribution in [1.29, 1.82) is 0 Å². The lowest BCUT2D eigenvalue weighted by molar-refractivity contribution is -0.116. The molecule has 1 N–H and O–H groups in total. The number of benzene rings is 2. The van der Waals surface area contributed by atoms with Crippen LogP contribution in [-0.4, -0.2) is 28.9 Å². The van der Waals surface area contributed by atoms with Crippen LogP contribution in [0, 0.1) is 0 Å². The third-order valence-electron chi connectivity index (χ3n) is 4.73. The van der Waals surface area contributed by atoms with Crippen molar-refractivity contribution in [3.05, 3.63) is 58.6 Å². The van der Waals surface area contributed by atoms with Gasteiger partial charge in [0.05, 0.1) is 27.0 Å². The van der Waals surface area contributed by atoms with E-state index in [0.29, 0.717) is 23.2 Å². The second-order valence-electron chi connectivity index (χ2n) is 6.49. The zero-order valence-corrected chi connectivity index (χ0v) is 15.9. The minimum atomic E-state index is -0.00644. The molecule has 1 atom stereocenters. The van der Waals surface area contributed by atoms with Gasteiger partial charge >= 0.3 is 0 Å². The van der Waals surface area contributed by atoms with E-state index in [1.807, 2.05) is 24.3 Å². The molecular weight excluding hydrogens is 366 g/mol. The molecule has 0 saturated carbocycles. The van der Waals surface area contributed by atoms with E-state index >= 15 is 0 Å². The fourth-order valence-corrected chi connectivity index (χ4v) is 4.75. The minimum Gasteiger partial charge on any atom is -0.325 e. The van der Waals surface area contributed by atoms with Crippen LogP contribution in [0.25, 0.3) is 10.2 Å². The smallest absolute Gasteiger partial charge is 0.225 e. The molecule has 4 nitrogen and oxygen atoms in total. The largest absolute Gasteiger partial charge is 0.325 e. The Bertz CT molecular complexity index is 893. The summed E-state index contributed by atoms with van der Waals surface area (Å²) in [6.07, 6.45) is 2.70. The Labute approximate surface area is 161 Å². The Morgan fingerprint density at radius 2 is 2.04 bits per heavy atom. The van der Waals surface area contributed by atoms with Crippen LogP contribution in [0.4, 0.5) is 5.69 Å². The lowest BCUT2D eigenvalue weighted by Crippen LogP contribution is -2.27. The number of para-hydroxylation sites is 2. The van der Waals surface area contributed by atoms with Gasteiger partial charge in [-0.25, -0.2) is 4.98 Å². The van der Waals surface area contributed by atoms with Gasteiger partial charge in [-0.2, -0.15) is 0 Å². The van der Waals surface area contributed by atoms with Crippen molar-refractivity contribution in [2.75, 3.05) is 18.4 Å². The molecule has 0 bridgehead atoms. The summed E-state index contributed by atoms with van der Waals surface area (Å²) in [6, 6.07) is 15.9. The van der Waals surface area contributed by atoms with Gasteiger partial charge in [-0.1, -0.05) is 35.9 Å². The average molecular weight is 386 g/mol. The molecule has 1 aliphatic heterocycles. The summed E-state index contributed by atoms with van der Waals surface area (Å²) in [4.78, 5) is 19.5. The topological polar surface area (TPSA) is 45.2 Å². The van der Waals surface area contributed by atoms with Gasteiger partial charge in [-0.15, -0.1) is 11.3 Å². The predicted octanol–water partition coefficient (Wildman–Crippen LogP) is 5.12. The summed E-state index contributed by atoms with van der Waals surface area (Å²) in [6.45, 7) is 1.75. The zero-order chi connectivity index (χ0) is 17.9. The van der Waals surface area contributed by atoms with Crippen LogP contribution in [0.5, 0.6) is 0 Å². The van der Waals surface area contributed by atoms with E-state index in [1.54, 1.807) is 17.4 Å². The Kier molecular flexibility index (Phi) is 5.20. The number of nitrogens with one attached hydrogen (secondary N) is 1. The zero-order valence-electron chi connectivity index (χ0n) is 14.3. The maximum absolute atomic E-state index is 12.3. The van der Waals surface area contributed by atoms with Crippen LogP contribution in [-0.2, 0) is 4.79 Å². The summed E-state index contributed by atoms with van der Waals surface area (Å²) in [5.74, 6) is -0.00644. The molecule has 26 heavy (non-hydrogen) atoms. The Balaban J connectivity index is 1.39. The van der Waals surface area contributed by atoms with E-state index in [2.05, 4.69) is 28.4 Å². The van der Waals surface area contributed by atoms with Gasteiger partial charge in [0, 0.05) is 13.0 Å². The number of likely N-dealkylation sites (tertiary alicyclic amines) is 1. The number of thiazole rings is 1.